The molecule has 1 amide bonds. The quantitative estimate of drug-likeness (QED) is 0.833. The lowest BCUT2D eigenvalue weighted by Gasteiger charge is -2.41. The number of amides is 1. The first-order valence-corrected chi connectivity index (χ1v) is 6.07. The Morgan fingerprint density at radius 3 is 2.56 bits per heavy atom. The lowest BCUT2D eigenvalue weighted by molar-refractivity contribution is -0.0851. The average Bonchev–Trinajstić information content (AvgIpc) is 2.26. The molecule has 1 fully saturated rings. The summed E-state index contributed by atoms with van der Waals surface area (Å²) in [6.07, 6.45) is -2.57. The van der Waals surface area contributed by atoms with Gasteiger partial charge in [-0.05, 0) is 33.6 Å². The Hall–Kier alpha value is -0.910. The fraction of sp³-hybridized carbons (Fsp3) is 0.917. The largest absolute Gasteiger partial charge is 0.444 e. The molecule has 1 N–H and O–H groups in total. The highest BCUT2D eigenvalue weighted by Crippen LogP contribution is 2.36. The van der Waals surface area contributed by atoms with E-state index in [0.717, 1.165) is 0 Å². The zero-order chi connectivity index (χ0) is 14.0. The van der Waals surface area contributed by atoms with Gasteiger partial charge in [-0.15, -0.1) is 0 Å². The van der Waals surface area contributed by atoms with Crippen LogP contribution in [0.5, 0.6) is 0 Å². The molecule has 1 atom stereocenters. The Morgan fingerprint density at radius 2 is 2.11 bits per heavy atom. The van der Waals surface area contributed by atoms with Gasteiger partial charge in [-0.3, -0.25) is 0 Å². The van der Waals surface area contributed by atoms with Gasteiger partial charge in [0, 0.05) is 13.1 Å². The number of carbonyl (C=O) groups is 1. The van der Waals surface area contributed by atoms with Crippen molar-refractivity contribution in [2.75, 3.05) is 19.7 Å². The maximum Gasteiger partial charge on any atom is 0.410 e. The van der Waals surface area contributed by atoms with Crippen LogP contribution in [0.3, 0.4) is 0 Å². The van der Waals surface area contributed by atoms with Gasteiger partial charge in [-0.2, -0.15) is 0 Å². The predicted molar refractivity (Wildman–Crippen MR) is 62.6 cm³/mol. The van der Waals surface area contributed by atoms with E-state index in [4.69, 9.17) is 4.74 Å². The van der Waals surface area contributed by atoms with Crippen LogP contribution in [-0.4, -0.2) is 47.8 Å². The van der Waals surface area contributed by atoms with Gasteiger partial charge in [0.15, 0.2) is 0 Å². The molecule has 106 valence electrons. The average molecular weight is 265 g/mol. The number of carbonyl (C=O) groups excluding carboxylic acids is 1. The molecule has 1 aliphatic rings. The second-order valence-electron chi connectivity index (χ2n) is 5.83. The van der Waals surface area contributed by atoms with Gasteiger partial charge in [0.1, 0.15) is 5.60 Å². The van der Waals surface area contributed by atoms with Crippen molar-refractivity contribution in [3.63, 3.8) is 0 Å². The molecular weight excluding hydrogens is 244 g/mol. The van der Waals surface area contributed by atoms with Gasteiger partial charge < -0.3 is 14.7 Å². The number of hydrogen-bond acceptors (Lipinski definition) is 3. The molecule has 0 aromatic carbocycles. The van der Waals surface area contributed by atoms with Crippen LogP contribution in [-0.2, 0) is 4.74 Å². The van der Waals surface area contributed by atoms with Crippen molar-refractivity contribution in [3.05, 3.63) is 0 Å². The number of halogens is 2. The summed E-state index contributed by atoms with van der Waals surface area (Å²) in [6.45, 7) is 4.78. The summed E-state index contributed by atoms with van der Waals surface area (Å²) in [5, 5.41) is 9.19. The number of alkyl halides is 2. The molecule has 1 unspecified atom stereocenters. The molecule has 0 aliphatic carbocycles. The van der Waals surface area contributed by atoms with Crippen LogP contribution in [0.1, 0.15) is 33.6 Å². The van der Waals surface area contributed by atoms with Crippen LogP contribution >= 0.6 is 0 Å². The van der Waals surface area contributed by atoms with E-state index < -0.39 is 30.1 Å². The van der Waals surface area contributed by atoms with E-state index in [1.54, 1.807) is 20.8 Å². The van der Waals surface area contributed by atoms with Crippen molar-refractivity contribution in [2.45, 2.75) is 45.6 Å². The van der Waals surface area contributed by atoms with Gasteiger partial charge >= 0.3 is 6.09 Å². The van der Waals surface area contributed by atoms with E-state index >= 15 is 0 Å². The van der Waals surface area contributed by atoms with Crippen LogP contribution in [0.2, 0.25) is 0 Å². The van der Waals surface area contributed by atoms with Crippen LogP contribution in [0, 0.1) is 5.41 Å². The van der Waals surface area contributed by atoms with Crippen LogP contribution < -0.4 is 0 Å². The Morgan fingerprint density at radius 1 is 1.50 bits per heavy atom. The van der Waals surface area contributed by atoms with Crippen LogP contribution in [0.4, 0.5) is 13.6 Å². The summed E-state index contributed by atoms with van der Waals surface area (Å²) in [5.41, 5.74) is -2.16. The molecule has 0 spiro atoms. The van der Waals surface area contributed by atoms with Gasteiger partial charge in [-0.1, -0.05) is 0 Å². The maximum absolute atomic E-state index is 13.0. The summed E-state index contributed by atoms with van der Waals surface area (Å²) >= 11 is 0. The van der Waals surface area contributed by atoms with Gasteiger partial charge in [0.2, 0.25) is 6.43 Å². The van der Waals surface area contributed by atoms with Gasteiger partial charge in [0.05, 0.1) is 12.0 Å². The molecule has 0 aromatic heterocycles. The van der Waals surface area contributed by atoms with Crippen LogP contribution in [0.15, 0.2) is 0 Å². The second-order valence-corrected chi connectivity index (χ2v) is 5.83. The highest BCUT2D eigenvalue weighted by molar-refractivity contribution is 5.68. The Bertz CT molecular complexity index is 304. The Kier molecular flexibility index (Phi) is 4.53. The number of aliphatic hydroxyl groups is 1. The van der Waals surface area contributed by atoms with Crippen molar-refractivity contribution in [1.82, 2.24) is 4.90 Å². The van der Waals surface area contributed by atoms with Crippen molar-refractivity contribution in [3.8, 4) is 0 Å². The number of ether oxygens (including phenoxy) is 1. The van der Waals surface area contributed by atoms with E-state index in [9.17, 15) is 18.7 Å². The minimum Gasteiger partial charge on any atom is -0.444 e. The monoisotopic (exact) mass is 265 g/mol. The molecule has 1 heterocycles. The summed E-state index contributed by atoms with van der Waals surface area (Å²) in [7, 11) is 0. The fourth-order valence-corrected chi connectivity index (χ4v) is 2.02. The minimum absolute atomic E-state index is 0.157. The molecule has 4 nitrogen and oxygen atoms in total. The zero-order valence-electron chi connectivity index (χ0n) is 11.1. The Labute approximate surface area is 106 Å². The third-order valence-electron chi connectivity index (χ3n) is 3.04. The smallest absolute Gasteiger partial charge is 0.410 e. The lowest BCUT2D eigenvalue weighted by atomic mass is 9.81. The van der Waals surface area contributed by atoms with E-state index in [2.05, 4.69) is 0 Å². The SMILES string of the molecule is CC(C)(C)OC(=O)N1CCCC(CO)(C(F)F)C1. The number of aliphatic hydroxyl groups excluding tert-OH is 1. The van der Waals surface area contributed by atoms with Crippen molar-refractivity contribution >= 4 is 6.09 Å². The fourth-order valence-electron chi connectivity index (χ4n) is 2.02. The summed E-state index contributed by atoms with van der Waals surface area (Å²) in [4.78, 5) is 13.1. The topological polar surface area (TPSA) is 49.8 Å². The highest BCUT2D eigenvalue weighted by Gasteiger charge is 2.45. The predicted octanol–water partition coefficient (Wildman–Crippen LogP) is 2.26. The lowest BCUT2D eigenvalue weighted by Crippen LogP contribution is -2.52. The van der Waals surface area contributed by atoms with Crippen molar-refractivity contribution in [2.24, 2.45) is 5.41 Å². The first-order valence-electron chi connectivity index (χ1n) is 6.07. The van der Waals surface area contributed by atoms with Crippen molar-refractivity contribution < 1.29 is 23.4 Å². The molecule has 6 heteroatoms. The van der Waals surface area contributed by atoms with Crippen molar-refractivity contribution in [1.29, 1.82) is 0 Å². The number of likely N-dealkylation sites (tertiary alicyclic amines) is 1. The summed E-state index contributed by atoms with van der Waals surface area (Å²) in [6, 6.07) is 0. The molecule has 1 saturated heterocycles. The number of nitrogens with zero attached hydrogens (tertiary/aromatic N) is 1. The molecule has 1 rings (SSSR count). The molecule has 0 aromatic rings. The van der Waals surface area contributed by atoms with E-state index in [0.29, 0.717) is 13.0 Å². The highest BCUT2D eigenvalue weighted by atomic mass is 19.3. The summed E-state index contributed by atoms with van der Waals surface area (Å²) in [5.74, 6) is 0. The molecule has 0 radical (unpaired) electrons. The zero-order valence-corrected chi connectivity index (χ0v) is 11.1. The van der Waals surface area contributed by atoms with E-state index in [1.165, 1.54) is 4.90 Å². The first kappa shape index (κ1) is 15.1. The molecule has 18 heavy (non-hydrogen) atoms. The third-order valence-corrected chi connectivity index (χ3v) is 3.04. The Balaban J connectivity index is 2.72. The molecular formula is C12H21F2NO3. The van der Waals surface area contributed by atoms with E-state index in [-0.39, 0.29) is 13.0 Å². The normalized spacial score (nSPS) is 25.4. The van der Waals surface area contributed by atoms with Gasteiger partial charge in [0.25, 0.3) is 0 Å². The molecule has 0 bridgehead atoms. The minimum atomic E-state index is -2.65. The summed E-state index contributed by atoms with van der Waals surface area (Å²) < 4.78 is 31.2. The number of rotatable bonds is 2. The van der Waals surface area contributed by atoms with Gasteiger partial charge in [-0.25, -0.2) is 13.6 Å². The van der Waals surface area contributed by atoms with E-state index in [1.807, 2.05) is 0 Å². The van der Waals surface area contributed by atoms with Crippen LogP contribution in [0.25, 0.3) is 0 Å². The maximum atomic E-state index is 13.0. The molecule has 0 saturated carbocycles. The standard InChI is InChI=1S/C12H21F2NO3/c1-11(2,3)18-10(17)15-6-4-5-12(7-15,8-16)9(13)14/h9,16H,4-8H2,1-3H3. The first-order chi connectivity index (χ1) is 8.20. The molecule has 1 aliphatic heterocycles. The number of piperidine rings is 1. The number of hydrogen-bond donors (Lipinski definition) is 1. The second kappa shape index (κ2) is 5.38. The third kappa shape index (κ3) is 3.54.